The van der Waals surface area contributed by atoms with Crippen LogP contribution in [0.2, 0.25) is 0 Å². The summed E-state index contributed by atoms with van der Waals surface area (Å²) < 4.78 is 5.49. The third-order valence-corrected chi connectivity index (χ3v) is 4.13. The van der Waals surface area contributed by atoms with Crippen molar-refractivity contribution in [2.24, 2.45) is 0 Å². The highest BCUT2D eigenvalue weighted by Gasteiger charge is 2.16. The zero-order chi connectivity index (χ0) is 14.4. The normalized spacial score (nSPS) is 17.4. The fourth-order valence-corrected chi connectivity index (χ4v) is 2.61. The molecule has 0 radical (unpaired) electrons. The van der Waals surface area contributed by atoms with Gasteiger partial charge in [0.15, 0.2) is 0 Å². The van der Waals surface area contributed by atoms with Crippen molar-refractivity contribution in [1.29, 1.82) is 0 Å². The van der Waals surface area contributed by atoms with Gasteiger partial charge in [-0.15, -0.1) is 0 Å². The SMILES string of the molecule is COC(C)(C)Cc1ccc(CCN2CCNCC2)cc1. The number of ether oxygens (including phenoxy) is 1. The van der Waals surface area contributed by atoms with Gasteiger partial charge in [0, 0.05) is 46.3 Å². The lowest BCUT2D eigenvalue weighted by Gasteiger charge is -2.27. The molecule has 0 aromatic heterocycles. The molecule has 112 valence electrons. The van der Waals surface area contributed by atoms with Crippen LogP contribution in [0, 0.1) is 0 Å². The maximum Gasteiger partial charge on any atom is 0.0662 e. The molecule has 1 aliphatic rings. The average Bonchev–Trinajstić information content (AvgIpc) is 2.47. The van der Waals surface area contributed by atoms with Crippen molar-refractivity contribution in [3.63, 3.8) is 0 Å². The second-order valence-electron chi connectivity index (χ2n) is 6.30. The number of hydrogen-bond acceptors (Lipinski definition) is 3. The van der Waals surface area contributed by atoms with Crippen molar-refractivity contribution in [2.75, 3.05) is 39.8 Å². The van der Waals surface area contributed by atoms with Crippen LogP contribution in [-0.2, 0) is 17.6 Å². The largest absolute Gasteiger partial charge is 0.378 e. The van der Waals surface area contributed by atoms with E-state index in [4.69, 9.17) is 4.74 Å². The van der Waals surface area contributed by atoms with Gasteiger partial charge < -0.3 is 15.0 Å². The zero-order valence-electron chi connectivity index (χ0n) is 13.1. The first-order valence-electron chi connectivity index (χ1n) is 7.65. The molecule has 2 rings (SSSR count). The Labute approximate surface area is 123 Å². The summed E-state index contributed by atoms with van der Waals surface area (Å²) in [5.74, 6) is 0. The predicted octanol–water partition coefficient (Wildman–Crippen LogP) is 2.10. The molecule has 1 fully saturated rings. The average molecular weight is 276 g/mol. The molecular formula is C17H28N2O. The first kappa shape index (κ1) is 15.5. The molecule has 0 atom stereocenters. The lowest BCUT2D eigenvalue weighted by molar-refractivity contribution is 0.0232. The monoisotopic (exact) mass is 276 g/mol. The van der Waals surface area contributed by atoms with Gasteiger partial charge in [-0.25, -0.2) is 0 Å². The highest BCUT2D eigenvalue weighted by Crippen LogP contribution is 2.16. The molecule has 1 heterocycles. The van der Waals surface area contributed by atoms with Gasteiger partial charge >= 0.3 is 0 Å². The fraction of sp³-hybridized carbons (Fsp3) is 0.647. The molecule has 0 spiro atoms. The van der Waals surface area contributed by atoms with E-state index in [0.717, 1.165) is 25.9 Å². The van der Waals surface area contributed by atoms with Crippen molar-refractivity contribution in [3.05, 3.63) is 35.4 Å². The van der Waals surface area contributed by atoms with E-state index in [2.05, 4.69) is 48.3 Å². The lowest BCUT2D eigenvalue weighted by atomic mass is 9.97. The summed E-state index contributed by atoms with van der Waals surface area (Å²) in [5, 5.41) is 3.39. The second kappa shape index (κ2) is 7.21. The van der Waals surface area contributed by atoms with Gasteiger partial charge in [0.2, 0.25) is 0 Å². The standard InChI is InChI=1S/C17H28N2O/c1-17(2,20-3)14-16-6-4-15(5-7-16)8-11-19-12-9-18-10-13-19/h4-7,18H,8-14H2,1-3H3. The Kier molecular flexibility index (Phi) is 5.58. The number of hydrogen-bond donors (Lipinski definition) is 1. The molecule has 1 saturated heterocycles. The Morgan fingerprint density at radius 3 is 2.30 bits per heavy atom. The van der Waals surface area contributed by atoms with E-state index in [9.17, 15) is 0 Å². The first-order valence-corrected chi connectivity index (χ1v) is 7.65. The highest BCUT2D eigenvalue weighted by molar-refractivity contribution is 5.24. The number of nitrogens with one attached hydrogen (secondary N) is 1. The highest BCUT2D eigenvalue weighted by atomic mass is 16.5. The maximum atomic E-state index is 5.49. The minimum Gasteiger partial charge on any atom is -0.378 e. The van der Waals surface area contributed by atoms with Gasteiger partial charge in [0.1, 0.15) is 0 Å². The molecular weight excluding hydrogens is 248 g/mol. The van der Waals surface area contributed by atoms with E-state index in [0.29, 0.717) is 0 Å². The number of piperazine rings is 1. The van der Waals surface area contributed by atoms with Crippen LogP contribution in [0.15, 0.2) is 24.3 Å². The van der Waals surface area contributed by atoms with Gasteiger partial charge in [0.25, 0.3) is 0 Å². The van der Waals surface area contributed by atoms with Crippen molar-refractivity contribution >= 4 is 0 Å². The number of methoxy groups -OCH3 is 1. The van der Waals surface area contributed by atoms with Crippen LogP contribution < -0.4 is 5.32 Å². The molecule has 0 unspecified atom stereocenters. The quantitative estimate of drug-likeness (QED) is 0.861. The van der Waals surface area contributed by atoms with E-state index in [1.165, 1.54) is 30.8 Å². The zero-order valence-corrected chi connectivity index (χ0v) is 13.1. The number of nitrogens with zero attached hydrogens (tertiary/aromatic N) is 1. The topological polar surface area (TPSA) is 24.5 Å². The summed E-state index contributed by atoms with van der Waals surface area (Å²) >= 11 is 0. The smallest absolute Gasteiger partial charge is 0.0662 e. The maximum absolute atomic E-state index is 5.49. The van der Waals surface area contributed by atoms with Crippen LogP contribution in [0.1, 0.15) is 25.0 Å². The molecule has 0 amide bonds. The molecule has 0 bridgehead atoms. The molecule has 20 heavy (non-hydrogen) atoms. The van der Waals surface area contributed by atoms with Gasteiger partial charge in [0.05, 0.1) is 5.60 Å². The second-order valence-corrected chi connectivity index (χ2v) is 6.30. The Hall–Kier alpha value is -0.900. The first-order chi connectivity index (χ1) is 9.59. The van der Waals surface area contributed by atoms with Crippen molar-refractivity contribution in [3.8, 4) is 0 Å². The van der Waals surface area contributed by atoms with Gasteiger partial charge in [-0.1, -0.05) is 24.3 Å². The van der Waals surface area contributed by atoms with Gasteiger partial charge in [-0.05, 0) is 31.4 Å². The van der Waals surface area contributed by atoms with Gasteiger partial charge in [-0.3, -0.25) is 0 Å². The Balaban J connectivity index is 1.82. The van der Waals surface area contributed by atoms with Crippen LogP contribution in [0.25, 0.3) is 0 Å². The molecule has 1 N–H and O–H groups in total. The van der Waals surface area contributed by atoms with Crippen molar-refractivity contribution in [1.82, 2.24) is 10.2 Å². The molecule has 1 aliphatic heterocycles. The minimum atomic E-state index is -0.0810. The predicted molar refractivity (Wildman–Crippen MR) is 84.2 cm³/mol. The van der Waals surface area contributed by atoms with Crippen LogP contribution in [-0.4, -0.2) is 50.3 Å². The molecule has 1 aromatic rings. The number of benzene rings is 1. The summed E-state index contributed by atoms with van der Waals surface area (Å²) in [5.41, 5.74) is 2.70. The van der Waals surface area contributed by atoms with Gasteiger partial charge in [-0.2, -0.15) is 0 Å². The van der Waals surface area contributed by atoms with E-state index < -0.39 is 0 Å². The summed E-state index contributed by atoms with van der Waals surface area (Å²) in [7, 11) is 1.78. The van der Waals surface area contributed by atoms with Crippen LogP contribution in [0.5, 0.6) is 0 Å². The van der Waals surface area contributed by atoms with E-state index in [-0.39, 0.29) is 5.60 Å². The Bertz CT molecular complexity index is 394. The molecule has 3 heteroatoms. The third-order valence-electron chi connectivity index (χ3n) is 4.13. The Morgan fingerprint density at radius 2 is 1.70 bits per heavy atom. The molecule has 0 saturated carbocycles. The Morgan fingerprint density at radius 1 is 1.10 bits per heavy atom. The summed E-state index contributed by atoms with van der Waals surface area (Å²) in [6, 6.07) is 9.02. The number of rotatable bonds is 6. The van der Waals surface area contributed by atoms with Crippen molar-refractivity contribution < 1.29 is 4.74 Å². The van der Waals surface area contributed by atoms with Crippen LogP contribution in [0.4, 0.5) is 0 Å². The van der Waals surface area contributed by atoms with Crippen LogP contribution in [0.3, 0.4) is 0 Å². The fourth-order valence-electron chi connectivity index (χ4n) is 2.61. The van der Waals surface area contributed by atoms with E-state index in [1.807, 2.05) is 0 Å². The summed E-state index contributed by atoms with van der Waals surface area (Å²) in [6.07, 6.45) is 2.11. The van der Waals surface area contributed by atoms with Crippen LogP contribution >= 0.6 is 0 Å². The molecule has 1 aromatic carbocycles. The third kappa shape index (κ3) is 4.89. The molecule has 3 nitrogen and oxygen atoms in total. The lowest BCUT2D eigenvalue weighted by Crippen LogP contribution is -2.44. The van der Waals surface area contributed by atoms with Crippen molar-refractivity contribution in [2.45, 2.75) is 32.3 Å². The summed E-state index contributed by atoms with van der Waals surface area (Å²) in [6.45, 7) is 10.1. The van der Waals surface area contributed by atoms with E-state index >= 15 is 0 Å². The van der Waals surface area contributed by atoms with E-state index in [1.54, 1.807) is 7.11 Å². The minimum absolute atomic E-state index is 0.0810. The molecule has 0 aliphatic carbocycles. The summed E-state index contributed by atoms with van der Waals surface area (Å²) in [4.78, 5) is 2.54.